The largest absolute Gasteiger partial charge is 0.348 e. The molecule has 0 bridgehead atoms. The molecule has 7 heteroatoms. The zero-order valence-corrected chi connectivity index (χ0v) is 15.9. The van der Waals surface area contributed by atoms with Crippen molar-refractivity contribution >= 4 is 17.5 Å². The number of hydrogen-bond donors (Lipinski definition) is 2. The fourth-order valence-corrected chi connectivity index (χ4v) is 2.78. The minimum atomic E-state index is -0.214. The Morgan fingerprint density at radius 3 is 2.57 bits per heavy atom. The van der Waals surface area contributed by atoms with Crippen LogP contribution in [0, 0.1) is 0 Å². The van der Waals surface area contributed by atoms with Gasteiger partial charge in [0.1, 0.15) is 17.8 Å². The highest BCUT2D eigenvalue weighted by Crippen LogP contribution is 2.11. The van der Waals surface area contributed by atoms with Crippen molar-refractivity contribution in [1.82, 2.24) is 19.9 Å². The van der Waals surface area contributed by atoms with Crippen molar-refractivity contribution in [3.63, 3.8) is 0 Å². The van der Waals surface area contributed by atoms with Crippen LogP contribution in [0.25, 0.3) is 5.82 Å². The molecule has 1 aromatic carbocycles. The van der Waals surface area contributed by atoms with E-state index in [4.69, 9.17) is 0 Å². The molecule has 7 nitrogen and oxygen atoms in total. The predicted octanol–water partition coefficient (Wildman–Crippen LogP) is 2.98. The Kier molecular flexibility index (Phi) is 6.16. The normalized spacial score (nSPS) is 11.6. The number of imidazole rings is 1. The molecule has 0 unspecified atom stereocenters. The molecule has 28 heavy (non-hydrogen) atoms. The molecular weight excluding hydrogens is 354 g/mol. The fraction of sp³-hybridized carbons (Fsp3) is 0.238. The van der Waals surface area contributed by atoms with Gasteiger partial charge in [0.15, 0.2) is 0 Å². The van der Waals surface area contributed by atoms with E-state index in [-0.39, 0.29) is 17.9 Å². The SMILES string of the molecule is CC(=O)Nc1ccc(-n2cnc(C(=O)N[C@H](C)CCc3ccccc3)c2)nc1. The molecule has 2 aromatic heterocycles. The molecule has 0 saturated carbocycles. The van der Waals surface area contributed by atoms with E-state index in [1.807, 2.05) is 25.1 Å². The number of rotatable bonds is 7. The summed E-state index contributed by atoms with van der Waals surface area (Å²) in [5.41, 5.74) is 2.20. The Balaban J connectivity index is 1.56. The second-order valence-corrected chi connectivity index (χ2v) is 6.65. The lowest BCUT2D eigenvalue weighted by molar-refractivity contribution is -0.114. The van der Waals surface area contributed by atoms with Gasteiger partial charge in [-0.2, -0.15) is 0 Å². The monoisotopic (exact) mass is 377 g/mol. The number of aromatic nitrogens is 3. The van der Waals surface area contributed by atoms with Crippen LogP contribution in [0.2, 0.25) is 0 Å². The molecule has 1 atom stereocenters. The maximum absolute atomic E-state index is 12.4. The lowest BCUT2D eigenvalue weighted by atomic mass is 10.1. The van der Waals surface area contributed by atoms with E-state index in [0.29, 0.717) is 17.2 Å². The highest BCUT2D eigenvalue weighted by Gasteiger charge is 2.13. The Labute approximate surface area is 163 Å². The Hall–Kier alpha value is -3.48. The third kappa shape index (κ3) is 5.26. The summed E-state index contributed by atoms with van der Waals surface area (Å²) in [6.45, 7) is 3.43. The van der Waals surface area contributed by atoms with Crippen molar-refractivity contribution in [2.75, 3.05) is 5.32 Å². The Morgan fingerprint density at radius 1 is 1.11 bits per heavy atom. The zero-order valence-electron chi connectivity index (χ0n) is 15.9. The predicted molar refractivity (Wildman–Crippen MR) is 107 cm³/mol. The minimum absolute atomic E-state index is 0.0351. The van der Waals surface area contributed by atoms with Gasteiger partial charge in [-0.25, -0.2) is 9.97 Å². The summed E-state index contributed by atoms with van der Waals surface area (Å²) in [6, 6.07) is 13.7. The number of pyridine rings is 1. The van der Waals surface area contributed by atoms with Gasteiger partial charge in [-0.15, -0.1) is 0 Å². The zero-order chi connectivity index (χ0) is 19.9. The van der Waals surface area contributed by atoms with E-state index in [2.05, 4.69) is 32.7 Å². The van der Waals surface area contributed by atoms with E-state index < -0.39 is 0 Å². The molecule has 2 heterocycles. The van der Waals surface area contributed by atoms with Crippen LogP contribution >= 0.6 is 0 Å². The van der Waals surface area contributed by atoms with Crippen molar-refractivity contribution in [2.45, 2.75) is 32.7 Å². The van der Waals surface area contributed by atoms with Gasteiger partial charge < -0.3 is 10.6 Å². The van der Waals surface area contributed by atoms with Gasteiger partial charge in [-0.05, 0) is 37.5 Å². The van der Waals surface area contributed by atoms with Crippen molar-refractivity contribution in [3.8, 4) is 5.82 Å². The quantitative estimate of drug-likeness (QED) is 0.662. The summed E-state index contributed by atoms with van der Waals surface area (Å²) >= 11 is 0. The maximum Gasteiger partial charge on any atom is 0.271 e. The number of carbonyl (C=O) groups is 2. The van der Waals surface area contributed by atoms with E-state index in [0.717, 1.165) is 12.8 Å². The van der Waals surface area contributed by atoms with Crippen molar-refractivity contribution in [3.05, 3.63) is 72.4 Å². The first-order chi connectivity index (χ1) is 13.5. The molecule has 3 aromatic rings. The lowest BCUT2D eigenvalue weighted by Crippen LogP contribution is -2.33. The topological polar surface area (TPSA) is 88.9 Å². The average molecular weight is 377 g/mol. The summed E-state index contributed by atoms with van der Waals surface area (Å²) in [7, 11) is 0. The van der Waals surface area contributed by atoms with Crippen LogP contribution in [-0.2, 0) is 11.2 Å². The summed E-state index contributed by atoms with van der Waals surface area (Å²) < 4.78 is 1.67. The number of hydrogen-bond acceptors (Lipinski definition) is 4. The van der Waals surface area contributed by atoms with Crippen LogP contribution in [0.5, 0.6) is 0 Å². The molecule has 2 amide bonds. The molecule has 0 radical (unpaired) electrons. The molecule has 0 spiro atoms. The summed E-state index contributed by atoms with van der Waals surface area (Å²) in [6.07, 6.45) is 6.50. The highest BCUT2D eigenvalue weighted by molar-refractivity contribution is 5.92. The van der Waals surface area contributed by atoms with Crippen molar-refractivity contribution in [2.24, 2.45) is 0 Å². The van der Waals surface area contributed by atoms with Crippen LogP contribution in [0.3, 0.4) is 0 Å². The van der Waals surface area contributed by atoms with Crippen LogP contribution in [0.1, 0.15) is 36.3 Å². The number of anilines is 1. The smallest absolute Gasteiger partial charge is 0.271 e. The van der Waals surface area contributed by atoms with Gasteiger partial charge in [0.2, 0.25) is 5.91 Å². The maximum atomic E-state index is 12.4. The van der Waals surface area contributed by atoms with E-state index >= 15 is 0 Å². The van der Waals surface area contributed by atoms with Crippen molar-refractivity contribution in [1.29, 1.82) is 0 Å². The van der Waals surface area contributed by atoms with Crippen LogP contribution in [-0.4, -0.2) is 32.4 Å². The highest BCUT2D eigenvalue weighted by atomic mass is 16.2. The summed E-state index contributed by atoms with van der Waals surface area (Å²) in [4.78, 5) is 31.9. The van der Waals surface area contributed by atoms with Crippen LogP contribution in [0.15, 0.2) is 61.2 Å². The number of nitrogens with one attached hydrogen (secondary N) is 2. The minimum Gasteiger partial charge on any atom is -0.348 e. The molecule has 3 rings (SSSR count). The van der Waals surface area contributed by atoms with Gasteiger partial charge in [0.05, 0.1) is 11.9 Å². The molecular formula is C21H23N5O2. The molecule has 0 saturated heterocycles. The third-order valence-electron chi connectivity index (χ3n) is 4.23. The molecule has 0 aliphatic carbocycles. The van der Waals surface area contributed by atoms with Crippen LogP contribution in [0.4, 0.5) is 5.69 Å². The Bertz CT molecular complexity index is 935. The molecule has 2 N–H and O–H groups in total. The third-order valence-corrected chi connectivity index (χ3v) is 4.23. The first-order valence-electron chi connectivity index (χ1n) is 9.14. The number of carbonyl (C=O) groups excluding carboxylic acids is 2. The van der Waals surface area contributed by atoms with Gasteiger partial charge in [0, 0.05) is 19.2 Å². The molecule has 0 aliphatic rings. The van der Waals surface area contributed by atoms with Gasteiger partial charge in [-0.3, -0.25) is 14.2 Å². The first-order valence-corrected chi connectivity index (χ1v) is 9.14. The average Bonchev–Trinajstić information content (AvgIpc) is 3.18. The van der Waals surface area contributed by atoms with Gasteiger partial charge in [0.25, 0.3) is 5.91 Å². The van der Waals surface area contributed by atoms with E-state index in [9.17, 15) is 9.59 Å². The van der Waals surface area contributed by atoms with Crippen molar-refractivity contribution < 1.29 is 9.59 Å². The van der Waals surface area contributed by atoms with Crippen LogP contribution < -0.4 is 10.6 Å². The summed E-state index contributed by atoms with van der Waals surface area (Å²) in [5.74, 6) is 0.240. The Morgan fingerprint density at radius 2 is 1.89 bits per heavy atom. The van der Waals surface area contributed by atoms with Gasteiger partial charge in [-0.1, -0.05) is 30.3 Å². The number of benzene rings is 1. The number of aryl methyl sites for hydroxylation is 1. The lowest BCUT2D eigenvalue weighted by Gasteiger charge is -2.12. The second-order valence-electron chi connectivity index (χ2n) is 6.65. The standard InChI is InChI=1S/C21H23N5O2/c1-15(8-9-17-6-4-3-5-7-17)24-21(28)19-13-26(14-23-19)20-11-10-18(12-22-20)25-16(2)27/h3-7,10-15H,8-9H2,1-2H3,(H,24,28)(H,25,27)/t15-/m1/s1. The summed E-state index contributed by atoms with van der Waals surface area (Å²) in [5, 5.41) is 5.64. The number of amides is 2. The fourth-order valence-electron chi connectivity index (χ4n) is 2.78. The number of nitrogens with zero attached hydrogens (tertiary/aromatic N) is 3. The molecule has 0 aliphatic heterocycles. The molecule has 144 valence electrons. The van der Waals surface area contributed by atoms with Gasteiger partial charge >= 0.3 is 0 Å². The first kappa shape index (κ1) is 19.3. The second kappa shape index (κ2) is 8.94. The van der Waals surface area contributed by atoms with E-state index in [1.54, 1.807) is 35.4 Å². The van der Waals surface area contributed by atoms with E-state index in [1.165, 1.54) is 12.5 Å². The molecule has 0 fully saturated rings.